The second kappa shape index (κ2) is 8.12. The number of carbonyl (C=O) groups is 1. The highest BCUT2D eigenvalue weighted by molar-refractivity contribution is 5.94. The zero-order valence-electron chi connectivity index (χ0n) is 14.6. The van der Waals surface area contributed by atoms with Gasteiger partial charge in [-0.25, -0.2) is 4.39 Å². The quantitative estimate of drug-likeness (QED) is 0.520. The van der Waals surface area contributed by atoms with Crippen molar-refractivity contribution in [3.05, 3.63) is 28.4 Å². The first-order valence-corrected chi connectivity index (χ1v) is 8.64. The third kappa shape index (κ3) is 3.88. The SMILES string of the molecule is CN1CC(F)CNC1C(C(=O)Nc1cncc2c1CCNC2)C(N)N=O. The van der Waals surface area contributed by atoms with Crippen LogP contribution in [0.5, 0.6) is 0 Å². The van der Waals surface area contributed by atoms with Crippen LogP contribution in [0.15, 0.2) is 17.6 Å². The van der Waals surface area contributed by atoms with Crippen molar-refractivity contribution in [2.75, 3.05) is 32.0 Å². The molecule has 1 saturated heterocycles. The lowest BCUT2D eigenvalue weighted by molar-refractivity contribution is -0.124. The molecule has 0 saturated carbocycles. The van der Waals surface area contributed by atoms with Gasteiger partial charge in [0.25, 0.3) is 0 Å². The third-order valence-corrected chi connectivity index (χ3v) is 4.91. The van der Waals surface area contributed by atoms with Gasteiger partial charge in [-0.3, -0.25) is 20.0 Å². The Morgan fingerprint density at radius 1 is 1.54 bits per heavy atom. The molecule has 0 radical (unpaired) electrons. The summed E-state index contributed by atoms with van der Waals surface area (Å²) in [6.45, 7) is 1.75. The van der Waals surface area contributed by atoms with E-state index < -0.39 is 30.3 Å². The van der Waals surface area contributed by atoms with Gasteiger partial charge in [-0.1, -0.05) is 5.18 Å². The number of hydrogen-bond donors (Lipinski definition) is 4. The van der Waals surface area contributed by atoms with E-state index >= 15 is 0 Å². The fraction of sp³-hybridized carbons (Fsp3) is 0.625. The molecule has 1 amide bonds. The number of pyridine rings is 1. The number of hydrogen-bond acceptors (Lipinski definition) is 8. The molecule has 0 aliphatic carbocycles. The first kappa shape index (κ1) is 18.8. The minimum absolute atomic E-state index is 0.0956. The Balaban J connectivity index is 1.81. The van der Waals surface area contributed by atoms with Gasteiger partial charge in [0, 0.05) is 25.8 Å². The normalized spacial score (nSPS) is 25.8. The summed E-state index contributed by atoms with van der Waals surface area (Å²) < 4.78 is 13.6. The minimum Gasteiger partial charge on any atom is -0.324 e. The molecule has 3 rings (SSSR count). The largest absolute Gasteiger partial charge is 0.324 e. The molecule has 0 bridgehead atoms. The molecule has 1 aromatic heterocycles. The maximum Gasteiger partial charge on any atom is 0.234 e. The molecule has 4 atom stereocenters. The van der Waals surface area contributed by atoms with Gasteiger partial charge in [0.2, 0.25) is 5.91 Å². The number of nitrogens with two attached hydrogens (primary N) is 1. The van der Waals surface area contributed by atoms with Gasteiger partial charge in [0.15, 0.2) is 6.17 Å². The van der Waals surface area contributed by atoms with Crippen LogP contribution in [0.1, 0.15) is 11.1 Å². The van der Waals surface area contributed by atoms with E-state index in [0.29, 0.717) is 12.2 Å². The fourth-order valence-corrected chi connectivity index (χ4v) is 3.59. The van der Waals surface area contributed by atoms with E-state index in [9.17, 15) is 14.1 Å². The molecule has 10 heteroatoms. The summed E-state index contributed by atoms with van der Waals surface area (Å²) in [6, 6.07) is 0. The summed E-state index contributed by atoms with van der Waals surface area (Å²) >= 11 is 0. The number of rotatable bonds is 5. The number of nitrogens with zero attached hydrogens (tertiary/aromatic N) is 3. The van der Waals surface area contributed by atoms with Crippen LogP contribution in [-0.2, 0) is 17.8 Å². The molecule has 9 nitrogen and oxygen atoms in total. The second-order valence-corrected chi connectivity index (χ2v) is 6.75. The molecule has 1 aromatic rings. The highest BCUT2D eigenvalue weighted by Gasteiger charge is 2.40. The van der Waals surface area contributed by atoms with Crippen LogP contribution in [0.3, 0.4) is 0 Å². The van der Waals surface area contributed by atoms with Gasteiger partial charge >= 0.3 is 0 Å². The van der Waals surface area contributed by atoms with Crippen LogP contribution in [0.4, 0.5) is 10.1 Å². The van der Waals surface area contributed by atoms with E-state index in [4.69, 9.17) is 5.73 Å². The van der Waals surface area contributed by atoms with Crippen LogP contribution in [0.25, 0.3) is 0 Å². The van der Waals surface area contributed by atoms with Crippen LogP contribution < -0.4 is 21.7 Å². The Labute approximate surface area is 150 Å². The van der Waals surface area contributed by atoms with Crippen LogP contribution in [0.2, 0.25) is 0 Å². The van der Waals surface area contributed by atoms with E-state index in [1.807, 2.05) is 0 Å². The fourth-order valence-electron chi connectivity index (χ4n) is 3.59. The highest BCUT2D eigenvalue weighted by Crippen LogP contribution is 2.24. The van der Waals surface area contributed by atoms with Crippen LogP contribution >= 0.6 is 0 Å². The average Bonchev–Trinajstić information content (AvgIpc) is 2.64. The van der Waals surface area contributed by atoms with Crippen LogP contribution in [-0.4, -0.2) is 61.0 Å². The summed E-state index contributed by atoms with van der Waals surface area (Å²) in [5.41, 5.74) is 8.47. The summed E-state index contributed by atoms with van der Waals surface area (Å²) in [6.07, 6.45) is 1.25. The average molecular weight is 365 g/mol. The zero-order valence-corrected chi connectivity index (χ0v) is 14.6. The van der Waals surface area contributed by atoms with E-state index in [1.54, 1.807) is 24.3 Å². The molecule has 0 aromatic carbocycles. The van der Waals surface area contributed by atoms with Crippen molar-refractivity contribution in [1.29, 1.82) is 0 Å². The molecule has 142 valence electrons. The van der Waals surface area contributed by atoms with Gasteiger partial charge < -0.3 is 16.4 Å². The number of amides is 1. The second-order valence-electron chi connectivity index (χ2n) is 6.75. The molecule has 2 aliphatic heterocycles. The Hall–Kier alpha value is -2.01. The lowest BCUT2D eigenvalue weighted by Gasteiger charge is -2.40. The predicted octanol–water partition coefficient (Wildman–Crippen LogP) is -0.468. The number of halogens is 1. The standard InChI is InChI=1S/C16H24FN7O2/c1-24-8-10(17)6-21-15(24)13(14(18)23-26)16(25)22-12-7-20-5-9-4-19-3-2-11(9)12/h5,7,10,13-15,19,21H,2-4,6,8,18H2,1H3,(H,22,25). The maximum atomic E-state index is 13.6. The molecule has 26 heavy (non-hydrogen) atoms. The molecule has 4 unspecified atom stereocenters. The van der Waals surface area contributed by atoms with Gasteiger partial charge in [-0.05, 0) is 31.1 Å². The zero-order chi connectivity index (χ0) is 18.7. The molecule has 3 heterocycles. The number of alkyl halides is 1. The Bertz CT molecular complexity index is 674. The van der Waals surface area contributed by atoms with Crippen molar-refractivity contribution in [1.82, 2.24) is 20.5 Å². The Kier molecular flexibility index (Phi) is 5.87. The summed E-state index contributed by atoms with van der Waals surface area (Å²) in [5.74, 6) is -1.39. The van der Waals surface area contributed by atoms with Crippen molar-refractivity contribution >= 4 is 11.6 Å². The molecular weight excluding hydrogens is 341 g/mol. The van der Waals surface area contributed by atoms with E-state index in [-0.39, 0.29) is 13.1 Å². The van der Waals surface area contributed by atoms with E-state index in [1.165, 1.54) is 0 Å². The summed E-state index contributed by atoms with van der Waals surface area (Å²) in [4.78, 5) is 29.8. The molecule has 2 aliphatic rings. The maximum absolute atomic E-state index is 13.6. The van der Waals surface area contributed by atoms with Crippen molar-refractivity contribution in [3.8, 4) is 0 Å². The number of anilines is 1. The smallest absolute Gasteiger partial charge is 0.234 e. The molecule has 0 spiro atoms. The first-order valence-electron chi connectivity index (χ1n) is 8.64. The number of aromatic nitrogens is 1. The lowest BCUT2D eigenvalue weighted by Crippen LogP contribution is -2.62. The third-order valence-electron chi connectivity index (χ3n) is 4.91. The Morgan fingerprint density at radius 2 is 2.35 bits per heavy atom. The van der Waals surface area contributed by atoms with Gasteiger partial charge in [-0.15, -0.1) is 4.91 Å². The van der Waals surface area contributed by atoms with Crippen molar-refractivity contribution in [3.63, 3.8) is 0 Å². The van der Waals surface area contributed by atoms with Gasteiger partial charge in [0.1, 0.15) is 12.1 Å². The van der Waals surface area contributed by atoms with Crippen LogP contribution in [0, 0.1) is 10.8 Å². The van der Waals surface area contributed by atoms with Gasteiger partial charge in [0.05, 0.1) is 18.1 Å². The number of nitrogens with one attached hydrogen (secondary N) is 3. The molecule has 5 N–H and O–H groups in total. The molecular formula is C16H24FN7O2. The van der Waals surface area contributed by atoms with Gasteiger partial charge in [-0.2, -0.15) is 0 Å². The minimum atomic E-state index is -1.25. The van der Waals surface area contributed by atoms with Crippen molar-refractivity contribution in [2.24, 2.45) is 16.8 Å². The topological polar surface area (TPSA) is 125 Å². The summed E-state index contributed by atoms with van der Waals surface area (Å²) in [7, 11) is 1.68. The van der Waals surface area contributed by atoms with Crippen molar-refractivity contribution in [2.45, 2.75) is 31.5 Å². The molecule has 1 fully saturated rings. The monoisotopic (exact) mass is 365 g/mol. The first-order chi connectivity index (χ1) is 12.5. The number of carbonyl (C=O) groups excluding carboxylic acids is 1. The highest BCUT2D eigenvalue weighted by atomic mass is 19.1. The number of fused-ring (bicyclic) bond motifs is 1. The lowest BCUT2D eigenvalue weighted by atomic mass is 9.97. The number of nitroso groups, excluding NO2 is 1. The Morgan fingerprint density at radius 3 is 3.08 bits per heavy atom. The van der Waals surface area contributed by atoms with Crippen molar-refractivity contribution < 1.29 is 9.18 Å². The summed E-state index contributed by atoms with van der Waals surface area (Å²) in [5, 5.41) is 11.9. The van der Waals surface area contributed by atoms with E-state index in [2.05, 4.69) is 26.1 Å². The van der Waals surface area contributed by atoms with E-state index in [0.717, 1.165) is 24.1 Å². The predicted molar refractivity (Wildman–Crippen MR) is 94.9 cm³/mol.